The average Bonchev–Trinajstić information content (AvgIpc) is 3.20. The van der Waals surface area contributed by atoms with Crippen LogP contribution in [0.3, 0.4) is 0 Å². The van der Waals surface area contributed by atoms with Crippen LogP contribution >= 0.6 is 0 Å². The number of aromatic nitrogens is 2. The topological polar surface area (TPSA) is 68.6 Å². The van der Waals surface area contributed by atoms with E-state index in [1.54, 1.807) is 19.1 Å². The molecule has 0 saturated carbocycles. The van der Waals surface area contributed by atoms with E-state index in [2.05, 4.69) is 10.1 Å². The third-order valence-electron chi connectivity index (χ3n) is 5.73. The first kappa shape index (κ1) is 20.8. The molecule has 1 aromatic heterocycles. The van der Waals surface area contributed by atoms with E-state index < -0.39 is 17.2 Å². The maximum Gasteiger partial charge on any atom is 0.172 e. The molecule has 4 aromatic rings. The number of nitrogens with zero attached hydrogens (tertiary/aromatic N) is 4. The van der Waals surface area contributed by atoms with Crippen LogP contribution in [0.5, 0.6) is 0 Å². The zero-order chi connectivity index (χ0) is 23.0. The van der Waals surface area contributed by atoms with Crippen LogP contribution in [0.2, 0.25) is 0 Å². The van der Waals surface area contributed by atoms with Crippen molar-refractivity contribution in [2.75, 3.05) is 0 Å². The Kier molecular flexibility index (Phi) is 5.09. The number of amidine groups is 1. The number of benzene rings is 3. The molecule has 7 heteroatoms. The number of hydrogen-bond donors (Lipinski definition) is 1. The quantitative estimate of drug-likeness (QED) is 0.455. The molecule has 0 aliphatic carbocycles. The molecule has 2 N–H and O–H groups in total. The molecular formula is C26H21F2N5. The number of rotatable bonds is 4. The predicted octanol–water partition coefficient (Wildman–Crippen LogP) is 4.96. The van der Waals surface area contributed by atoms with E-state index in [1.165, 1.54) is 10.7 Å². The third kappa shape index (κ3) is 3.82. The largest absolute Gasteiger partial charge is 0.382 e. The molecule has 0 radical (unpaired) electrons. The van der Waals surface area contributed by atoms with Gasteiger partial charge in [-0.2, -0.15) is 5.10 Å². The highest BCUT2D eigenvalue weighted by Gasteiger charge is 2.36. The summed E-state index contributed by atoms with van der Waals surface area (Å²) in [4.78, 5) is 9.34. The van der Waals surface area contributed by atoms with Gasteiger partial charge < -0.3 is 5.73 Å². The zero-order valence-electron chi connectivity index (χ0n) is 17.9. The molecule has 5 nitrogen and oxygen atoms in total. The lowest BCUT2D eigenvalue weighted by atomic mass is 9.90. The Bertz CT molecular complexity index is 1340. The van der Waals surface area contributed by atoms with Crippen LogP contribution in [0.15, 0.2) is 95.0 Å². The zero-order valence-corrected chi connectivity index (χ0v) is 17.9. The summed E-state index contributed by atoms with van der Waals surface area (Å²) in [5.41, 5.74) is 8.62. The Morgan fingerprint density at radius 2 is 1.58 bits per heavy atom. The molecule has 164 valence electrons. The van der Waals surface area contributed by atoms with E-state index in [9.17, 15) is 4.39 Å². The molecule has 1 aliphatic heterocycles. The molecule has 1 atom stereocenters. The predicted molar refractivity (Wildman–Crippen MR) is 125 cm³/mol. The van der Waals surface area contributed by atoms with Gasteiger partial charge in [-0.25, -0.2) is 13.8 Å². The van der Waals surface area contributed by atoms with Crippen molar-refractivity contribution in [3.05, 3.63) is 119 Å². The summed E-state index contributed by atoms with van der Waals surface area (Å²) in [6, 6.07) is 24.3. The molecule has 0 saturated heterocycles. The van der Waals surface area contributed by atoms with Gasteiger partial charge in [-0.3, -0.25) is 9.67 Å². The number of nitrogens with two attached hydrogens (primary N) is 1. The second kappa shape index (κ2) is 8.09. The van der Waals surface area contributed by atoms with Crippen molar-refractivity contribution < 1.29 is 8.78 Å². The molecule has 2 heterocycles. The lowest BCUT2D eigenvalue weighted by Crippen LogP contribution is -2.38. The van der Waals surface area contributed by atoms with Gasteiger partial charge in [-0.1, -0.05) is 60.7 Å². The highest BCUT2D eigenvalue weighted by atomic mass is 19.1. The first-order valence-electron chi connectivity index (χ1n) is 10.5. The van der Waals surface area contributed by atoms with Crippen LogP contribution in [-0.4, -0.2) is 21.3 Å². The molecule has 0 spiro atoms. The maximum atomic E-state index is 15.0. The summed E-state index contributed by atoms with van der Waals surface area (Å²) < 4.78 is 30.5. The van der Waals surface area contributed by atoms with Crippen LogP contribution in [0.4, 0.5) is 14.5 Å². The van der Waals surface area contributed by atoms with E-state index >= 15 is 4.39 Å². The summed E-state index contributed by atoms with van der Waals surface area (Å²) in [5, 5.41) is 4.04. The average molecular weight is 441 g/mol. The summed E-state index contributed by atoms with van der Waals surface area (Å²) in [6.45, 7) is 1.91. The van der Waals surface area contributed by atoms with Gasteiger partial charge in [0.2, 0.25) is 0 Å². The Labute approximate surface area is 189 Å². The van der Waals surface area contributed by atoms with Crippen LogP contribution in [0, 0.1) is 11.6 Å². The molecular weight excluding hydrogens is 420 g/mol. The van der Waals surface area contributed by atoms with Crippen LogP contribution in [0.1, 0.15) is 29.3 Å². The van der Waals surface area contributed by atoms with Gasteiger partial charge in [-0.05, 0) is 25.1 Å². The minimum absolute atomic E-state index is 0.0127. The fourth-order valence-corrected chi connectivity index (χ4v) is 4.14. The molecule has 5 rings (SSSR count). The van der Waals surface area contributed by atoms with Gasteiger partial charge in [0.25, 0.3) is 0 Å². The normalized spacial score (nSPS) is 17.2. The number of fused-ring (bicyclic) bond motifs is 1. The van der Waals surface area contributed by atoms with Crippen LogP contribution in [0.25, 0.3) is 0 Å². The van der Waals surface area contributed by atoms with Crippen molar-refractivity contribution in [2.24, 2.45) is 15.7 Å². The van der Waals surface area contributed by atoms with Crippen molar-refractivity contribution in [1.29, 1.82) is 0 Å². The summed E-state index contributed by atoms with van der Waals surface area (Å²) >= 11 is 0. The molecule has 0 fully saturated rings. The second-order valence-electron chi connectivity index (χ2n) is 8.13. The Morgan fingerprint density at radius 1 is 0.939 bits per heavy atom. The summed E-state index contributed by atoms with van der Waals surface area (Å²) in [7, 11) is 0. The SMILES string of the molecule is CC1(c2cc(N=C(c3ccccc3)c3ccccc3)ccc2F)Cn2ncc(F)c2C(N)=N1. The van der Waals surface area contributed by atoms with Crippen LogP contribution < -0.4 is 5.73 Å². The molecule has 0 bridgehead atoms. The first-order valence-corrected chi connectivity index (χ1v) is 10.5. The third-order valence-corrected chi connectivity index (χ3v) is 5.73. The lowest BCUT2D eigenvalue weighted by Gasteiger charge is -2.31. The summed E-state index contributed by atoms with van der Waals surface area (Å²) in [5.74, 6) is -1.00. The van der Waals surface area contributed by atoms with Gasteiger partial charge in [-0.15, -0.1) is 0 Å². The molecule has 1 aliphatic rings. The number of hydrogen-bond acceptors (Lipinski definition) is 4. The molecule has 33 heavy (non-hydrogen) atoms. The smallest absolute Gasteiger partial charge is 0.172 e. The van der Waals surface area contributed by atoms with Crippen molar-refractivity contribution in [3.63, 3.8) is 0 Å². The number of halogens is 2. The van der Waals surface area contributed by atoms with Gasteiger partial charge >= 0.3 is 0 Å². The fourth-order valence-electron chi connectivity index (χ4n) is 4.14. The molecule has 3 aromatic carbocycles. The van der Waals surface area contributed by atoms with Gasteiger partial charge in [0.1, 0.15) is 22.9 Å². The minimum atomic E-state index is -1.06. The minimum Gasteiger partial charge on any atom is -0.382 e. The van der Waals surface area contributed by atoms with E-state index in [1.807, 2.05) is 60.7 Å². The lowest BCUT2D eigenvalue weighted by molar-refractivity contribution is 0.361. The van der Waals surface area contributed by atoms with Crippen molar-refractivity contribution >= 4 is 17.2 Å². The van der Waals surface area contributed by atoms with Crippen LogP contribution in [-0.2, 0) is 12.1 Å². The maximum absolute atomic E-state index is 15.0. The standard InChI is InChI=1S/C26H21F2N5/c1-26(16-33-24(25(29)32-26)22(28)15-30-33)20-14-19(12-13-21(20)27)31-23(17-8-4-2-5-9-17)18-10-6-3-7-11-18/h2-15H,16H2,1H3,(H2,29,32). The van der Waals surface area contributed by atoms with Crippen molar-refractivity contribution in [1.82, 2.24) is 9.78 Å². The van der Waals surface area contributed by atoms with E-state index in [0.29, 0.717) is 11.3 Å². The van der Waals surface area contributed by atoms with E-state index in [-0.39, 0.29) is 18.1 Å². The second-order valence-corrected chi connectivity index (χ2v) is 8.13. The Hall–Kier alpha value is -4.13. The monoisotopic (exact) mass is 441 g/mol. The summed E-state index contributed by atoms with van der Waals surface area (Å²) in [6.07, 6.45) is 1.09. The van der Waals surface area contributed by atoms with Crippen molar-refractivity contribution in [2.45, 2.75) is 19.0 Å². The van der Waals surface area contributed by atoms with Gasteiger partial charge in [0, 0.05) is 16.7 Å². The number of aliphatic imine (C=N–C) groups is 2. The fraction of sp³-hybridized carbons (Fsp3) is 0.115. The Morgan fingerprint density at radius 3 is 2.21 bits per heavy atom. The molecule has 1 unspecified atom stereocenters. The first-order chi connectivity index (χ1) is 15.9. The highest BCUT2D eigenvalue weighted by Crippen LogP contribution is 2.35. The van der Waals surface area contributed by atoms with E-state index in [0.717, 1.165) is 23.0 Å². The van der Waals surface area contributed by atoms with Gasteiger partial charge in [0.15, 0.2) is 5.82 Å². The van der Waals surface area contributed by atoms with Gasteiger partial charge in [0.05, 0.1) is 24.1 Å². The molecule has 0 amide bonds. The van der Waals surface area contributed by atoms with Crippen molar-refractivity contribution in [3.8, 4) is 0 Å². The van der Waals surface area contributed by atoms with E-state index in [4.69, 9.17) is 10.7 Å². The highest BCUT2D eigenvalue weighted by molar-refractivity contribution is 6.13. The Balaban J connectivity index is 1.62.